The van der Waals surface area contributed by atoms with E-state index in [0.717, 1.165) is 24.9 Å². The second-order valence-electron chi connectivity index (χ2n) is 5.88. The van der Waals surface area contributed by atoms with E-state index in [9.17, 15) is 4.39 Å². The molecule has 2 aromatic rings. The van der Waals surface area contributed by atoms with Crippen molar-refractivity contribution < 1.29 is 4.39 Å². The molecule has 2 atom stereocenters. The molecule has 0 bridgehead atoms. The zero-order chi connectivity index (χ0) is 14.8. The van der Waals surface area contributed by atoms with Crippen molar-refractivity contribution in [1.29, 1.82) is 0 Å². The monoisotopic (exact) mass is 283 g/mol. The topological polar surface area (TPSA) is 12.0 Å². The molecule has 2 aromatic carbocycles. The molecule has 21 heavy (non-hydrogen) atoms. The highest BCUT2D eigenvalue weighted by Crippen LogP contribution is 2.42. The summed E-state index contributed by atoms with van der Waals surface area (Å²) in [5.74, 6) is 0.323. The van der Waals surface area contributed by atoms with Crippen LogP contribution in [0.5, 0.6) is 0 Å². The van der Waals surface area contributed by atoms with Crippen LogP contribution in [-0.2, 0) is 6.42 Å². The van der Waals surface area contributed by atoms with E-state index in [2.05, 4.69) is 36.5 Å². The van der Waals surface area contributed by atoms with Gasteiger partial charge in [-0.25, -0.2) is 4.39 Å². The highest BCUT2D eigenvalue weighted by atomic mass is 19.1. The number of aryl methyl sites for hydroxylation is 2. The molecule has 0 aromatic heterocycles. The van der Waals surface area contributed by atoms with Crippen LogP contribution in [0.25, 0.3) is 0 Å². The van der Waals surface area contributed by atoms with Crippen LogP contribution in [0.15, 0.2) is 42.5 Å². The highest BCUT2D eigenvalue weighted by Gasteiger charge is 2.30. The van der Waals surface area contributed by atoms with Crippen molar-refractivity contribution in [3.8, 4) is 0 Å². The largest absolute Gasteiger partial charge is 0.310 e. The second-order valence-corrected chi connectivity index (χ2v) is 5.88. The van der Waals surface area contributed by atoms with Crippen molar-refractivity contribution in [3.05, 3.63) is 70.5 Å². The molecule has 0 amide bonds. The molecule has 2 unspecified atom stereocenters. The standard InChI is InChI=1S/C19H22FN/c1-3-21-19(16-11-9-15(20)12-13(16)2)18-10-8-14-6-4-5-7-17(14)18/h4-7,9,11-12,18-19,21H,3,8,10H2,1-2H3. The Labute approximate surface area is 126 Å². The molecule has 2 heteroatoms. The summed E-state index contributed by atoms with van der Waals surface area (Å²) < 4.78 is 13.4. The second kappa shape index (κ2) is 5.98. The smallest absolute Gasteiger partial charge is 0.123 e. The number of hydrogen-bond donors (Lipinski definition) is 1. The Bertz CT molecular complexity index is 635. The molecule has 0 fully saturated rings. The van der Waals surface area contributed by atoms with Gasteiger partial charge in [0.1, 0.15) is 5.82 Å². The van der Waals surface area contributed by atoms with Crippen LogP contribution in [0.2, 0.25) is 0 Å². The van der Waals surface area contributed by atoms with Gasteiger partial charge in [0.05, 0.1) is 0 Å². The van der Waals surface area contributed by atoms with Gasteiger partial charge in [0.15, 0.2) is 0 Å². The number of likely N-dealkylation sites (N-methyl/N-ethyl adjacent to an activating group) is 1. The third-order valence-corrected chi connectivity index (χ3v) is 4.57. The zero-order valence-electron chi connectivity index (χ0n) is 12.7. The van der Waals surface area contributed by atoms with Crippen molar-refractivity contribution in [2.45, 2.75) is 38.6 Å². The van der Waals surface area contributed by atoms with Crippen LogP contribution < -0.4 is 5.32 Å². The molecule has 1 aliphatic rings. The van der Waals surface area contributed by atoms with Gasteiger partial charge in [0, 0.05) is 12.0 Å². The van der Waals surface area contributed by atoms with Crippen molar-refractivity contribution in [3.63, 3.8) is 0 Å². The molecule has 3 rings (SSSR count). The van der Waals surface area contributed by atoms with E-state index >= 15 is 0 Å². The van der Waals surface area contributed by atoms with Gasteiger partial charge in [-0.2, -0.15) is 0 Å². The van der Waals surface area contributed by atoms with E-state index in [1.54, 1.807) is 12.1 Å². The van der Waals surface area contributed by atoms with Crippen LogP contribution in [0.1, 0.15) is 47.6 Å². The number of benzene rings is 2. The maximum absolute atomic E-state index is 13.4. The fraction of sp³-hybridized carbons (Fsp3) is 0.368. The minimum atomic E-state index is -0.154. The average molecular weight is 283 g/mol. The first-order valence-corrected chi connectivity index (χ1v) is 7.78. The quantitative estimate of drug-likeness (QED) is 0.870. The van der Waals surface area contributed by atoms with Gasteiger partial charge >= 0.3 is 0 Å². The summed E-state index contributed by atoms with van der Waals surface area (Å²) in [6.07, 6.45) is 2.30. The van der Waals surface area contributed by atoms with Crippen LogP contribution in [0.3, 0.4) is 0 Å². The Balaban J connectivity index is 1.99. The van der Waals surface area contributed by atoms with E-state index in [-0.39, 0.29) is 11.9 Å². The maximum Gasteiger partial charge on any atom is 0.123 e. The normalized spacial score (nSPS) is 18.5. The van der Waals surface area contributed by atoms with Crippen LogP contribution >= 0.6 is 0 Å². The molecule has 0 saturated carbocycles. The lowest BCUT2D eigenvalue weighted by Crippen LogP contribution is -2.27. The lowest BCUT2D eigenvalue weighted by molar-refractivity contribution is 0.450. The van der Waals surface area contributed by atoms with Crippen molar-refractivity contribution in [2.75, 3.05) is 6.54 Å². The van der Waals surface area contributed by atoms with Gasteiger partial charge in [-0.3, -0.25) is 0 Å². The summed E-state index contributed by atoms with van der Waals surface area (Å²) >= 11 is 0. The van der Waals surface area contributed by atoms with E-state index < -0.39 is 0 Å². The number of hydrogen-bond acceptors (Lipinski definition) is 1. The van der Waals surface area contributed by atoms with Gasteiger partial charge in [0.25, 0.3) is 0 Å². The Morgan fingerprint density at radius 2 is 2.05 bits per heavy atom. The predicted molar refractivity (Wildman–Crippen MR) is 85.1 cm³/mol. The molecular weight excluding hydrogens is 261 g/mol. The summed E-state index contributed by atoms with van der Waals surface area (Å²) in [4.78, 5) is 0. The first-order chi connectivity index (χ1) is 10.2. The van der Waals surface area contributed by atoms with Crippen LogP contribution in [-0.4, -0.2) is 6.54 Å². The predicted octanol–water partition coefficient (Wildman–Crippen LogP) is 4.51. The van der Waals surface area contributed by atoms with Gasteiger partial charge in [-0.05, 0) is 60.7 Å². The fourth-order valence-corrected chi connectivity index (χ4v) is 3.61. The molecule has 0 spiro atoms. The third kappa shape index (κ3) is 2.73. The summed E-state index contributed by atoms with van der Waals surface area (Å²) in [5, 5.41) is 3.62. The molecule has 0 heterocycles. The summed E-state index contributed by atoms with van der Waals surface area (Å²) in [5.41, 5.74) is 5.17. The van der Waals surface area contributed by atoms with Gasteiger partial charge in [0.2, 0.25) is 0 Å². The van der Waals surface area contributed by atoms with Crippen molar-refractivity contribution in [1.82, 2.24) is 5.32 Å². The number of halogens is 1. The van der Waals surface area contributed by atoms with Crippen molar-refractivity contribution >= 4 is 0 Å². The van der Waals surface area contributed by atoms with Crippen LogP contribution in [0.4, 0.5) is 4.39 Å². The minimum Gasteiger partial charge on any atom is -0.310 e. The Hall–Kier alpha value is -1.67. The first-order valence-electron chi connectivity index (χ1n) is 7.78. The van der Waals surface area contributed by atoms with E-state index in [1.165, 1.54) is 16.7 Å². The Morgan fingerprint density at radius 1 is 1.24 bits per heavy atom. The maximum atomic E-state index is 13.4. The molecular formula is C19H22FN. The SMILES string of the molecule is CCNC(c1ccc(F)cc1C)C1CCc2ccccc21. The molecule has 1 nitrogen and oxygen atoms in total. The first kappa shape index (κ1) is 14.3. The number of nitrogens with one attached hydrogen (secondary N) is 1. The fourth-order valence-electron chi connectivity index (χ4n) is 3.61. The Morgan fingerprint density at radius 3 is 2.81 bits per heavy atom. The minimum absolute atomic E-state index is 0.154. The highest BCUT2D eigenvalue weighted by molar-refractivity contribution is 5.40. The van der Waals surface area contributed by atoms with Gasteiger partial charge in [-0.1, -0.05) is 37.3 Å². The summed E-state index contributed by atoms with van der Waals surface area (Å²) in [7, 11) is 0. The lowest BCUT2D eigenvalue weighted by Gasteiger charge is -2.27. The zero-order valence-corrected chi connectivity index (χ0v) is 12.7. The number of fused-ring (bicyclic) bond motifs is 1. The van der Waals surface area contributed by atoms with E-state index in [0.29, 0.717) is 5.92 Å². The van der Waals surface area contributed by atoms with E-state index in [1.807, 2.05) is 13.0 Å². The summed E-state index contributed by atoms with van der Waals surface area (Å²) in [6.45, 7) is 5.05. The van der Waals surface area contributed by atoms with Crippen LogP contribution in [0, 0.1) is 12.7 Å². The Kier molecular flexibility index (Phi) is 4.07. The van der Waals surface area contributed by atoms with Gasteiger partial charge < -0.3 is 5.32 Å². The molecule has 0 radical (unpaired) electrons. The molecule has 1 aliphatic carbocycles. The average Bonchev–Trinajstić information content (AvgIpc) is 2.89. The number of rotatable bonds is 4. The molecule has 0 saturated heterocycles. The molecule has 0 aliphatic heterocycles. The van der Waals surface area contributed by atoms with Gasteiger partial charge in [-0.15, -0.1) is 0 Å². The molecule has 110 valence electrons. The van der Waals surface area contributed by atoms with E-state index in [4.69, 9.17) is 0 Å². The lowest BCUT2D eigenvalue weighted by atomic mass is 9.86. The van der Waals surface area contributed by atoms with Crippen molar-refractivity contribution in [2.24, 2.45) is 0 Å². The third-order valence-electron chi connectivity index (χ3n) is 4.57. The molecule has 1 N–H and O–H groups in total. The summed E-state index contributed by atoms with van der Waals surface area (Å²) in [6, 6.07) is 14.1.